The van der Waals surface area contributed by atoms with E-state index >= 15 is 0 Å². The number of hydrogen-bond donors (Lipinski definition) is 1. The normalized spacial score (nSPS) is 25.2. The molecule has 1 saturated carbocycles. The van der Waals surface area contributed by atoms with E-state index in [9.17, 15) is 0 Å². The highest BCUT2D eigenvalue weighted by atomic mass is 15.2. The quantitative estimate of drug-likeness (QED) is 0.855. The van der Waals surface area contributed by atoms with Crippen molar-refractivity contribution in [3.05, 3.63) is 35.9 Å². The minimum atomic E-state index is 0.639. The Morgan fingerprint density at radius 1 is 1.17 bits per heavy atom. The maximum atomic E-state index is 3.66. The minimum absolute atomic E-state index is 0.639. The highest BCUT2D eigenvalue weighted by Gasteiger charge is 2.24. The summed E-state index contributed by atoms with van der Waals surface area (Å²) in [5, 5.41) is 3.66. The summed E-state index contributed by atoms with van der Waals surface area (Å²) in [5.74, 6) is 1.06. The number of benzene rings is 1. The van der Waals surface area contributed by atoms with Gasteiger partial charge in [0.1, 0.15) is 0 Å². The summed E-state index contributed by atoms with van der Waals surface area (Å²) in [6.45, 7) is 4.93. The minimum Gasteiger partial charge on any atom is -0.311 e. The van der Waals surface area contributed by atoms with Gasteiger partial charge in [0.05, 0.1) is 0 Å². The zero-order chi connectivity index (χ0) is 12.2. The van der Waals surface area contributed by atoms with Gasteiger partial charge in [-0.15, -0.1) is 0 Å². The lowest BCUT2D eigenvalue weighted by atomic mass is 10.0. The van der Waals surface area contributed by atoms with Gasteiger partial charge in [0.2, 0.25) is 0 Å². The molecular formula is C16H24N2. The maximum absolute atomic E-state index is 3.66. The lowest BCUT2D eigenvalue weighted by molar-refractivity contribution is 0.194. The predicted octanol–water partition coefficient (Wildman–Crippen LogP) is 2.30. The van der Waals surface area contributed by atoms with Crippen LogP contribution in [0.5, 0.6) is 0 Å². The monoisotopic (exact) mass is 244 g/mol. The van der Waals surface area contributed by atoms with Crippen molar-refractivity contribution in [2.45, 2.75) is 31.7 Å². The van der Waals surface area contributed by atoms with Crippen molar-refractivity contribution in [2.24, 2.45) is 5.92 Å². The number of nitrogens with zero attached hydrogens (tertiary/aromatic N) is 1. The van der Waals surface area contributed by atoms with Crippen LogP contribution in [0, 0.1) is 5.92 Å². The smallest absolute Gasteiger partial charge is 0.0235 e. The van der Waals surface area contributed by atoms with Crippen molar-refractivity contribution in [3.8, 4) is 0 Å². The van der Waals surface area contributed by atoms with E-state index < -0.39 is 0 Å². The molecule has 0 spiro atoms. The molecule has 2 aliphatic rings. The Morgan fingerprint density at radius 2 is 2.00 bits per heavy atom. The molecule has 1 aromatic carbocycles. The summed E-state index contributed by atoms with van der Waals surface area (Å²) in [7, 11) is 0. The van der Waals surface area contributed by atoms with E-state index in [2.05, 4.69) is 40.5 Å². The van der Waals surface area contributed by atoms with Gasteiger partial charge in [0.25, 0.3) is 0 Å². The van der Waals surface area contributed by atoms with Gasteiger partial charge < -0.3 is 10.2 Å². The van der Waals surface area contributed by atoms with Crippen LogP contribution in [0.2, 0.25) is 0 Å². The number of rotatable bonds is 5. The maximum Gasteiger partial charge on any atom is 0.0235 e. The molecule has 1 aliphatic carbocycles. The van der Waals surface area contributed by atoms with Gasteiger partial charge in [-0.25, -0.2) is 0 Å². The summed E-state index contributed by atoms with van der Waals surface area (Å²) >= 11 is 0. The Balaban J connectivity index is 1.47. The molecule has 98 valence electrons. The van der Waals surface area contributed by atoms with Crippen LogP contribution in [0.1, 0.15) is 24.8 Å². The molecule has 1 heterocycles. The molecule has 1 atom stereocenters. The second-order valence-electron chi connectivity index (χ2n) is 5.87. The predicted molar refractivity (Wildman–Crippen MR) is 75.7 cm³/mol. The fourth-order valence-electron chi connectivity index (χ4n) is 2.90. The first-order chi connectivity index (χ1) is 8.90. The molecule has 2 heteroatoms. The average molecular weight is 244 g/mol. The van der Waals surface area contributed by atoms with E-state index in [1.807, 2.05) is 0 Å². The zero-order valence-corrected chi connectivity index (χ0v) is 11.1. The van der Waals surface area contributed by atoms with E-state index in [1.165, 1.54) is 50.9 Å². The van der Waals surface area contributed by atoms with Gasteiger partial charge in [-0.2, -0.15) is 0 Å². The first-order valence-electron chi connectivity index (χ1n) is 7.40. The van der Waals surface area contributed by atoms with Gasteiger partial charge in [0.15, 0.2) is 0 Å². The van der Waals surface area contributed by atoms with Crippen molar-refractivity contribution in [2.75, 3.05) is 26.2 Å². The Labute approximate surface area is 110 Å². The first kappa shape index (κ1) is 12.2. The number of piperazine rings is 1. The lowest BCUT2D eigenvalue weighted by Crippen LogP contribution is -2.51. The van der Waals surface area contributed by atoms with Gasteiger partial charge in [-0.3, -0.25) is 0 Å². The summed E-state index contributed by atoms with van der Waals surface area (Å²) in [4.78, 5) is 2.66. The van der Waals surface area contributed by atoms with Crippen molar-refractivity contribution >= 4 is 0 Å². The molecule has 1 N–H and O–H groups in total. The molecule has 0 bridgehead atoms. The molecule has 1 aliphatic heterocycles. The van der Waals surface area contributed by atoms with Crippen molar-refractivity contribution in [3.63, 3.8) is 0 Å². The Hall–Kier alpha value is -0.860. The average Bonchev–Trinajstić information content (AvgIpc) is 3.22. The highest BCUT2D eigenvalue weighted by Crippen LogP contribution is 2.32. The second kappa shape index (κ2) is 5.85. The van der Waals surface area contributed by atoms with Crippen molar-refractivity contribution < 1.29 is 0 Å². The molecule has 0 aromatic heterocycles. The zero-order valence-electron chi connectivity index (χ0n) is 11.1. The largest absolute Gasteiger partial charge is 0.311 e. The molecule has 2 fully saturated rings. The molecular weight excluding hydrogens is 220 g/mol. The molecule has 1 saturated heterocycles. The molecule has 0 amide bonds. The van der Waals surface area contributed by atoms with Crippen molar-refractivity contribution in [1.29, 1.82) is 0 Å². The van der Waals surface area contributed by atoms with Gasteiger partial charge in [-0.05, 0) is 30.9 Å². The summed E-state index contributed by atoms with van der Waals surface area (Å²) in [5.41, 5.74) is 1.46. The Kier molecular flexibility index (Phi) is 3.96. The summed E-state index contributed by atoms with van der Waals surface area (Å²) in [6.07, 6.45) is 5.57. The third kappa shape index (κ3) is 3.56. The molecule has 0 radical (unpaired) electrons. The van der Waals surface area contributed by atoms with Crippen LogP contribution in [0.3, 0.4) is 0 Å². The number of hydrogen-bond acceptors (Lipinski definition) is 2. The third-order valence-corrected chi connectivity index (χ3v) is 4.22. The SMILES string of the molecule is c1ccc(CC2CN(CCC3CC3)CCN2)cc1. The summed E-state index contributed by atoms with van der Waals surface area (Å²) < 4.78 is 0. The van der Waals surface area contributed by atoms with E-state index in [4.69, 9.17) is 0 Å². The lowest BCUT2D eigenvalue weighted by Gasteiger charge is -2.33. The van der Waals surface area contributed by atoms with Crippen LogP contribution >= 0.6 is 0 Å². The molecule has 3 rings (SSSR count). The van der Waals surface area contributed by atoms with E-state index in [0.717, 1.165) is 12.5 Å². The topological polar surface area (TPSA) is 15.3 Å². The molecule has 18 heavy (non-hydrogen) atoms. The number of nitrogens with one attached hydrogen (secondary N) is 1. The fourth-order valence-corrected chi connectivity index (χ4v) is 2.90. The Bertz CT molecular complexity index is 359. The van der Waals surface area contributed by atoms with Crippen LogP contribution in [0.15, 0.2) is 30.3 Å². The first-order valence-corrected chi connectivity index (χ1v) is 7.40. The van der Waals surface area contributed by atoms with E-state index in [0.29, 0.717) is 6.04 Å². The van der Waals surface area contributed by atoms with Crippen LogP contribution in [0.4, 0.5) is 0 Å². The van der Waals surface area contributed by atoms with Crippen LogP contribution < -0.4 is 5.32 Å². The highest BCUT2D eigenvalue weighted by molar-refractivity contribution is 5.16. The van der Waals surface area contributed by atoms with Gasteiger partial charge >= 0.3 is 0 Å². The van der Waals surface area contributed by atoms with Crippen LogP contribution in [0.25, 0.3) is 0 Å². The molecule has 1 unspecified atom stereocenters. The van der Waals surface area contributed by atoms with Crippen molar-refractivity contribution in [1.82, 2.24) is 10.2 Å². The third-order valence-electron chi connectivity index (χ3n) is 4.22. The van der Waals surface area contributed by atoms with E-state index in [-0.39, 0.29) is 0 Å². The standard InChI is InChI=1S/C16H24N2/c1-2-4-15(5-3-1)12-16-13-18(11-9-17-16)10-8-14-6-7-14/h1-5,14,16-17H,6-13H2. The Morgan fingerprint density at radius 3 is 2.78 bits per heavy atom. The molecule has 2 nitrogen and oxygen atoms in total. The van der Waals surface area contributed by atoms with Crippen LogP contribution in [-0.4, -0.2) is 37.1 Å². The van der Waals surface area contributed by atoms with Crippen LogP contribution in [-0.2, 0) is 6.42 Å². The fraction of sp³-hybridized carbons (Fsp3) is 0.625. The molecule has 1 aromatic rings. The second-order valence-corrected chi connectivity index (χ2v) is 5.87. The van der Waals surface area contributed by atoms with Gasteiger partial charge in [0, 0.05) is 25.7 Å². The van der Waals surface area contributed by atoms with Gasteiger partial charge in [-0.1, -0.05) is 43.2 Å². The van der Waals surface area contributed by atoms with E-state index in [1.54, 1.807) is 0 Å². The summed E-state index contributed by atoms with van der Waals surface area (Å²) in [6, 6.07) is 11.5.